The number of likely N-dealkylation sites (tertiary alicyclic amines) is 1. The molecule has 2 heteroatoms. The predicted octanol–water partition coefficient (Wildman–Crippen LogP) is 4.70. The Balaban J connectivity index is 1.92. The lowest BCUT2D eigenvalue weighted by Gasteiger charge is -2.35. The summed E-state index contributed by atoms with van der Waals surface area (Å²) in [5, 5.41) is 0. The van der Waals surface area contributed by atoms with E-state index in [4.69, 9.17) is 0 Å². The average molecular weight is 315 g/mol. The molecule has 1 atom stereocenters. The third-order valence-corrected chi connectivity index (χ3v) is 5.17. The zero-order chi connectivity index (χ0) is 16.8. The van der Waals surface area contributed by atoms with E-state index in [1.807, 2.05) is 0 Å². The lowest BCUT2D eigenvalue weighted by atomic mass is 9.82. The molecule has 0 saturated carbocycles. The summed E-state index contributed by atoms with van der Waals surface area (Å²) in [5.74, 6) is 1.47. The first-order valence-corrected chi connectivity index (χ1v) is 9.15. The molecule has 0 amide bonds. The molecule has 1 aromatic carbocycles. The van der Waals surface area contributed by atoms with Gasteiger partial charge in [0.1, 0.15) is 0 Å². The van der Waals surface area contributed by atoms with Gasteiger partial charge in [0.05, 0.1) is 0 Å². The smallest absolute Gasteiger partial charge is 0.0233 e. The monoisotopic (exact) mass is 314 g/mol. The van der Waals surface area contributed by atoms with Crippen LogP contribution in [0.15, 0.2) is 36.0 Å². The van der Waals surface area contributed by atoms with Crippen LogP contribution in [0.3, 0.4) is 0 Å². The maximum atomic E-state index is 2.62. The van der Waals surface area contributed by atoms with Crippen molar-refractivity contribution in [2.24, 2.45) is 11.8 Å². The van der Waals surface area contributed by atoms with E-state index in [-0.39, 0.29) is 0 Å². The number of rotatable bonds is 6. The van der Waals surface area contributed by atoms with E-state index in [9.17, 15) is 0 Å². The molecule has 1 heterocycles. The van der Waals surface area contributed by atoms with Crippen LogP contribution in [0, 0.1) is 18.8 Å². The van der Waals surface area contributed by atoms with E-state index in [0.29, 0.717) is 5.92 Å². The maximum absolute atomic E-state index is 2.62. The molecule has 1 aliphatic rings. The molecule has 0 spiro atoms. The van der Waals surface area contributed by atoms with Crippen LogP contribution in [-0.2, 0) is 6.54 Å². The molecule has 2 nitrogen and oxygen atoms in total. The van der Waals surface area contributed by atoms with Gasteiger partial charge in [-0.05, 0) is 68.4 Å². The molecule has 0 aromatic heterocycles. The third kappa shape index (κ3) is 5.39. The molecule has 1 aromatic rings. The number of piperidine rings is 1. The van der Waals surface area contributed by atoms with E-state index < -0.39 is 0 Å². The van der Waals surface area contributed by atoms with E-state index in [1.54, 1.807) is 5.57 Å². The second-order valence-electron chi connectivity index (χ2n) is 7.44. The van der Waals surface area contributed by atoms with Gasteiger partial charge in [-0.2, -0.15) is 0 Å². The highest BCUT2D eigenvalue weighted by atomic mass is 15.1. The van der Waals surface area contributed by atoms with Gasteiger partial charge in [0.25, 0.3) is 0 Å². The van der Waals surface area contributed by atoms with Crippen molar-refractivity contribution >= 4 is 0 Å². The third-order valence-electron chi connectivity index (χ3n) is 5.17. The maximum Gasteiger partial charge on any atom is 0.0233 e. The van der Waals surface area contributed by atoms with Gasteiger partial charge in [-0.1, -0.05) is 43.7 Å². The van der Waals surface area contributed by atoms with Gasteiger partial charge in [-0.25, -0.2) is 0 Å². The summed E-state index contributed by atoms with van der Waals surface area (Å²) in [6.07, 6.45) is 6.23. The van der Waals surface area contributed by atoms with Crippen LogP contribution >= 0.6 is 0 Å². The lowest BCUT2D eigenvalue weighted by Crippen LogP contribution is -2.34. The molecule has 128 valence electrons. The second kappa shape index (κ2) is 8.54. The summed E-state index contributed by atoms with van der Waals surface area (Å²) in [7, 11) is 4.30. The number of allylic oxidation sites excluding steroid dienone is 1. The Morgan fingerprint density at radius 1 is 1.22 bits per heavy atom. The van der Waals surface area contributed by atoms with Crippen molar-refractivity contribution in [1.82, 2.24) is 9.80 Å². The van der Waals surface area contributed by atoms with Crippen molar-refractivity contribution in [3.05, 3.63) is 47.2 Å². The molecule has 0 N–H and O–H groups in total. The van der Waals surface area contributed by atoms with Crippen LogP contribution in [0.1, 0.15) is 44.2 Å². The van der Waals surface area contributed by atoms with Crippen LogP contribution in [-0.4, -0.2) is 37.0 Å². The van der Waals surface area contributed by atoms with Gasteiger partial charge in [0.2, 0.25) is 0 Å². The number of aryl methyl sites for hydroxylation is 1. The van der Waals surface area contributed by atoms with Gasteiger partial charge in [-0.3, -0.25) is 4.90 Å². The minimum absolute atomic E-state index is 0.700. The average Bonchev–Trinajstić information content (AvgIpc) is 2.55. The highest BCUT2D eigenvalue weighted by Gasteiger charge is 2.24. The molecule has 0 aliphatic carbocycles. The number of hydrogen-bond donors (Lipinski definition) is 0. The first-order valence-electron chi connectivity index (χ1n) is 9.15. The Morgan fingerprint density at radius 2 is 1.83 bits per heavy atom. The van der Waals surface area contributed by atoms with Crippen LogP contribution in [0.25, 0.3) is 0 Å². The van der Waals surface area contributed by atoms with Gasteiger partial charge >= 0.3 is 0 Å². The van der Waals surface area contributed by atoms with Gasteiger partial charge in [0.15, 0.2) is 0 Å². The molecular formula is C21H34N2. The second-order valence-corrected chi connectivity index (χ2v) is 7.44. The van der Waals surface area contributed by atoms with Crippen LogP contribution in [0.4, 0.5) is 0 Å². The Kier molecular flexibility index (Phi) is 6.71. The van der Waals surface area contributed by atoms with E-state index in [2.05, 4.69) is 75.1 Å². The number of hydrogen-bond acceptors (Lipinski definition) is 2. The lowest BCUT2D eigenvalue weighted by molar-refractivity contribution is 0.185. The van der Waals surface area contributed by atoms with Crippen molar-refractivity contribution in [2.45, 2.75) is 46.6 Å². The van der Waals surface area contributed by atoms with Crippen LogP contribution in [0.2, 0.25) is 0 Å². The first-order chi connectivity index (χ1) is 11.0. The fraction of sp³-hybridized carbons (Fsp3) is 0.619. The summed E-state index contributed by atoms with van der Waals surface area (Å²) >= 11 is 0. The molecule has 0 bridgehead atoms. The molecule has 0 radical (unpaired) electrons. The first kappa shape index (κ1) is 18.1. The zero-order valence-electron chi connectivity index (χ0n) is 15.7. The fourth-order valence-corrected chi connectivity index (χ4v) is 3.54. The Hall–Kier alpha value is -1.28. The normalized spacial score (nSPS) is 18.9. The largest absolute Gasteiger partial charge is 0.384 e. The topological polar surface area (TPSA) is 6.48 Å². The predicted molar refractivity (Wildman–Crippen MR) is 100 cm³/mol. The molecule has 1 aliphatic heterocycles. The number of benzene rings is 1. The standard InChI is InChI=1S/C21H34N2/c1-6-18(3)21(16-22(4)5)20-11-13-23(14-12-20)15-19-9-7-17(2)8-10-19/h7-10,16,18,20H,6,11-15H2,1-5H3/b21-16+. The van der Waals surface area contributed by atoms with Crippen molar-refractivity contribution in [3.8, 4) is 0 Å². The molecular weight excluding hydrogens is 280 g/mol. The summed E-state index contributed by atoms with van der Waals surface area (Å²) in [4.78, 5) is 4.84. The summed E-state index contributed by atoms with van der Waals surface area (Å²) < 4.78 is 0. The van der Waals surface area contributed by atoms with E-state index >= 15 is 0 Å². The molecule has 2 rings (SSSR count). The highest BCUT2D eigenvalue weighted by Crippen LogP contribution is 2.31. The summed E-state index contributed by atoms with van der Waals surface area (Å²) in [5.41, 5.74) is 4.45. The molecule has 1 saturated heterocycles. The molecule has 1 fully saturated rings. The molecule has 23 heavy (non-hydrogen) atoms. The van der Waals surface area contributed by atoms with Crippen molar-refractivity contribution in [3.63, 3.8) is 0 Å². The Bertz CT molecular complexity index is 493. The van der Waals surface area contributed by atoms with Gasteiger partial charge < -0.3 is 4.90 Å². The van der Waals surface area contributed by atoms with Crippen molar-refractivity contribution < 1.29 is 0 Å². The number of nitrogens with zero attached hydrogens (tertiary/aromatic N) is 2. The fourth-order valence-electron chi connectivity index (χ4n) is 3.54. The zero-order valence-corrected chi connectivity index (χ0v) is 15.7. The Morgan fingerprint density at radius 3 is 2.35 bits per heavy atom. The SMILES string of the molecule is CCC(C)/C(=C\N(C)C)C1CCN(Cc2ccc(C)cc2)CC1. The minimum atomic E-state index is 0.700. The van der Waals surface area contributed by atoms with Crippen LogP contribution < -0.4 is 0 Å². The minimum Gasteiger partial charge on any atom is -0.384 e. The summed E-state index contributed by atoms with van der Waals surface area (Å²) in [6, 6.07) is 9.00. The van der Waals surface area contributed by atoms with Crippen LogP contribution in [0.5, 0.6) is 0 Å². The highest BCUT2D eigenvalue weighted by molar-refractivity contribution is 5.21. The van der Waals surface area contributed by atoms with E-state index in [0.717, 1.165) is 12.5 Å². The van der Waals surface area contributed by atoms with Crippen molar-refractivity contribution in [2.75, 3.05) is 27.2 Å². The summed E-state index contributed by atoms with van der Waals surface area (Å²) in [6.45, 7) is 10.4. The quantitative estimate of drug-likeness (QED) is 0.751. The Labute approximate surface area is 143 Å². The molecule has 1 unspecified atom stereocenters. The van der Waals surface area contributed by atoms with Crippen molar-refractivity contribution in [1.29, 1.82) is 0 Å². The van der Waals surface area contributed by atoms with Gasteiger partial charge in [-0.15, -0.1) is 0 Å². The van der Waals surface area contributed by atoms with E-state index in [1.165, 1.54) is 43.5 Å². The van der Waals surface area contributed by atoms with Gasteiger partial charge in [0, 0.05) is 20.6 Å².